The van der Waals surface area contributed by atoms with Gasteiger partial charge in [-0.25, -0.2) is 4.98 Å². The first kappa shape index (κ1) is 21.4. The van der Waals surface area contributed by atoms with Gasteiger partial charge in [0.25, 0.3) is 5.91 Å². The van der Waals surface area contributed by atoms with E-state index in [0.717, 1.165) is 41.0 Å². The molecule has 0 radical (unpaired) electrons. The first-order valence-electron chi connectivity index (χ1n) is 10.4. The van der Waals surface area contributed by atoms with Gasteiger partial charge < -0.3 is 14.9 Å². The lowest BCUT2D eigenvalue weighted by Gasteiger charge is -2.20. The van der Waals surface area contributed by atoms with E-state index in [2.05, 4.69) is 32.8 Å². The summed E-state index contributed by atoms with van der Waals surface area (Å²) in [6.45, 7) is 11.2. The highest BCUT2D eigenvalue weighted by Gasteiger charge is 2.23. The maximum Gasteiger partial charge on any atom is 0.262 e. The van der Waals surface area contributed by atoms with E-state index in [-0.39, 0.29) is 17.5 Å². The zero-order valence-electron chi connectivity index (χ0n) is 18.3. The van der Waals surface area contributed by atoms with Gasteiger partial charge in [0.1, 0.15) is 17.5 Å². The summed E-state index contributed by atoms with van der Waals surface area (Å²) in [4.78, 5) is 20.9. The quantitative estimate of drug-likeness (QED) is 0.438. The monoisotopic (exact) mass is 403 g/mol. The van der Waals surface area contributed by atoms with Crippen molar-refractivity contribution < 1.29 is 4.79 Å². The van der Waals surface area contributed by atoms with Gasteiger partial charge in [-0.3, -0.25) is 4.79 Å². The number of nitriles is 1. The van der Waals surface area contributed by atoms with Crippen molar-refractivity contribution in [2.24, 2.45) is 5.92 Å². The van der Waals surface area contributed by atoms with E-state index in [9.17, 15) is 10.1 Å². The van der Waals surface area contributed by atoms with Crippen LogP contribution in [0.25, 0.3) is 17.1 Å². The number of H-pyrrole nitrogens is 1. The van der Waals surface area contributed by atoms with Crippen molar-refractivity contribution in [1.82, 2.24) is 19.9 Å². The molecule has 156 valence electrons. The molecule has 0 aliphatic carbocycles. The standard InChI is InChI=1S/C24H29N5O/c1-6-11-29-16(4)12-18(17(29)5)13-19(14-25)24(30)28-22(15(2)3)23-26-20-9-7-8-10-21(20)27-23/h7-10,12-13,15,22H,6,11H2,1-5H3,(H,26,27)(H,28,30)/b19-13-/t22-/m0/s1. The maximum atomic E-state index is 13.0. The van der Waals surface area contributed by atoms with E-state index in [1.165, 1.54) is 0 Å². The van der Waals surface area contributed by atoms with Gasteiger partial charge in [0, 0.05) is 17.9 Å². The molecule has 1 amide bonds. The second kappa shape index (κ2) is 9.00. The summed E-state index contributed by atoms with van der Waals surface area (Å²) < 4.78 is 2.21. The molecule has 0 unspecified atom stereocenters. The number of nitrogens with one attached hydrogen (secondary N) is 2. The molecule has 0 aliphatic rings. The van der Waals surface area contributed by atoms with E-state index in [4.69, 9.17) is 0 Å². The van der Waals surface area contributed by atoms with E-state index < -0.39 is 5.91 Å². The van der Waals surface area contributed by atoms with Crippen LogP contribution in [0.5, 0.6) is 0 Å². The largest absolute Gasteiger partial charge is 0.349 e. The third-order valence-corrected chi connectivity index (χ3v) is 5.38. The lowest BCUT2D eigenvalue weighted by atomic mass is 10.0. The Labute approximate surface area is 177 Å². The predicted molar refractivity (Wildman–Crippen MR) is 120 cm³/mol. The molecule has 6 heteroatoms. The van der Waals surface area contributed by atoms with Crippen molar-refractivity contribution in [3.63, 3.8) is 0 Å². The second-order valence-electron chi connectivity index (χ2n) is 7.98. The number of rotatable bonds is 7. The first-order valence-corrected chi connectivity index (χ1v) is 10.4. The summed E-state index contributed by atoms with van der Waals surface area (Å²) in [7, 11) is 0. The number of aryl methyl sites for hydroxylation is 1. The molecular weight excluding hydrogens is 374 g/mol. The lowest BCUT2D eigenvalue weighted by molar-refractivity contribution is -0.118. The molecule has 3 rings (SSSR count). The van der Waals surface area contributed by atoms with E-state index in [1.807, 2.05) is 58.0 Å². The molecule has 1 aromatic carbocycles. The molecule has 0 fully saturated rings. The molecule has 0 saturated carbocycles. The van der Waals surface area contributed by atoms with Crippen LogP contribution < -0.4 is 5.32 Å². The number of hydrogen-bond acceptors (Lipinski definition) is 3. The smallest absolute Gasteiger partial charge is 0.262 e. The van der Waals surface area contributed by atoms with Crippen molar-refractivity contribution in [2.45, 2.75) is 53.6 Å². The number of aromatic amines is 1. The van der Waals surface area contributed by atoms with Gasteiger partial charge in [-0.15, -0.1) is 0 Å². The van der Waals surface area contributed by atoms with Crippen molar-refractivity contribution >= 4 is 23.0 Å². The fourth-order valence-corrected chi connectivity index (χ4v) is 3.74. The Bertz CT molecular complexity index is 1090. The van der Waals surface area contributed by atoms with Crippen LogP contribution in [0, 0.1) is 31.1 Å². The highest BCUT2D eigenvalue weighted by molar-refractivity contribution is 6.02. The summed E-state index contributed by atoms with van der Waals surface area (Å²) in [5.41, 5.74) is 4.96. The summed E-state index contributed by atoms with van der Waals surface area (Å²) in [5.74, 6) is 0.402. The fourth-order valence-electron chi connectivity index (χ4n) is 3.74. The number of carbonyl (C=O) groups is 1. The fraction of sp³-hybridized carbons (Fsp3) is 0.375. The Morgan fingerprint density at radius 1 is 1.33 bits per heavy atom. The molecule has 2 N–H and O–H groups in total. The van der Waals surface area contributed by atoms with Crippen molar-refractivity contribution in [3.05, 3.63) is 58.7 Å². The van der Waals surface area contributed by atoms with Crippen molar-refractivity contribution in [1.29, 1.82) is 5.26 Å². The molecule has 2 aromatic heterocycles. The summed E-state index contributed by atoms with van der Waals surface area (Å²) in [6.07, 6.45) is 2.71. The SMILES string of the molecule is CCCn1c(C)cc(/C=C(/C#N)C(=O)N[C@H](c2nc3ccccc3[nH]2)C(C)C)c1C. The van der Waals surface area contributed by atoms with Gasteiger partial charge in [-0.1, -0.05) is 32.9 Å². The number of carbonyl (C=O) groups excluding carboxylic acids is 1. The topological polar surface area (TPSA) is 86.5 Å². The normalized spacial score (nSPS) is 12.9. The van der Waals surface area contributed by atoms with E-state index >= 15 is 0 Å². The second-order valence-corrected chi connectivity index (χ2v) is 7.98. The molecule has 2 heterocycles. The molecule has 0 bridgehead atoms. The molecule has 1 atom stereocenters. The maximum absolute atomic E-state index is 13.0. The molecular formula is C24H29N5O. The van der Waals surface area contributed by atoms with Gasteiger partial charge in [0.05, 0.1) is 17.1 Å². The Morgan fingerprint density at radius 3 is 2.70 bits per heavy atom. The lowest BCUT2D eigenvalue weighted by Crippen LogP contribution is -2.33. The van der Waals surface area contributed by atoms with Crippen molar-refractivity contribution in [2.75, 3.05) is 0 Å². The Kier molecular flexibility index (Phi) is 6.41. The highest BCUT2D eigenvalue weighted by Crippen LogP contribution is 2.23. The zero-order chi connectivity index (χ0) is 21.8. The van der Waals surface area contributed by atoms with Crippen LogP contribution in [0.3, 0.4) is 0 Å². The first-order chi connectivity index (χ1) is 14.3. The molecule has 3 aromatic rings. The molecule has 30 heavy (non-hydrogen) atoms. The van der Waals surface area contributed by atoms with Crippen LogP contribution >= 0.6 is 0 Å². The van der Waals surface area contributed by atoms with Gasteiger partial charge >= 0.3 is 0 Å². The van der Waals surface area contributed by atoms with Crippen LogP contribution in [-0.2, 0) is 11.3 Å². The Hall–Kier alpha value is -3.33. The van der Waals surface area contributed by atoms with Crippen LogP contribution in [-0.4, -0.2) is 20.4 Å². The number of benzene rings is 1. The van der Waals surface area contributed by atoms with E-state index in [0.29, 0.717) is 5.82 Å². The van der Waals surface area contributed by atoms with Crippen LogP contribution in [0.2, 0.25) is 0 Å². The molecule has 6 nitrogen and oxygen atoms in total. The van der Waals surface area contributed by atoms with E-state index in [1.54, 1.807) is 6.08 Å². The molecule has 0 saturated heterocycles. The minimum absolute atomic E-state index is 0.0912. The highest BCUT2D eigenvalue weighted by atomic mass is 16.1. The molecule has 0 aliphatic heterocycles. The minimum atomic E-state index is -0.392. The minimum Gasteiger partial charge on any atom is -0.349 e. The van der Waals surface area contributed by atoms with Gasteiger partial charge in [-0.05, 0) is 56.0 Å². The van der Waals surface area contributed by atoms with Gasteiger partial charge in [0.2, 0.25) is 0 Å². The third kappa shape index (κ3) is 4.30. The van der Waals surface area contributed by atoms with Gasteiger partial charge in [0.15, 0.2) is 0 Å². The zero-order valence-corrected chi connectivity index (χ0v) is 18.3. The van der Waals surface area contributed by atoms with Crippen LogP contribution in [0.4, 0.5) is 0 Å². The average Bonchev–Trinajstić information content (AvgIpc) is 3.26. The predicted octanol–water partition coefficient (Wildman–Crippen LogP) is 4.81. The number of aromatic nitrogens is 3. The summed E-state index contributed by atoms with van der Waals surface area (Å²) in [6, 6.07) is 11.5. The van der Waals surface area contributed by atoms with Crippen molar-refractivity contribution in [3.8, 4) is 6.07 Å². The Morgan fingerprint density at radius 2 is 2.07 bits per heavy atom. The summed E-state index contributed by atoms with van der Waals surface area (Å²) >= 11 is 0. The number of imidazole rings is 1. The molecule has 0 spiro atoms. The average molecular weight is 404 g/mol. The number of fused-ring (bicyclic) bond motifs is 1. The van der Waals surface area contributed by atoms with Crippen LogP contribution in [0.15, 0.2) is 35.9 Å². The van der Waals surface area contributed by atoms with Gasteiger partial charge in [-0.2, -0.15) is 5.26 Å². The Balaban J connectivity index is 1.88. The van der Waals surface area contributed by atoms with Crippen LogP contribution in [0.1, 0.15) is 56.0 Å². The number of hydrogen-bond donors (Lipinski definition) is 2. The number of para-hydroxylation sites is 2. The number of amides is 1. The third-order valence-electron chi connectivity index (χ3n) is 5.38. The summed E-state index contributed by atoms with van der Waals surface area (Å²) in [5, 5.41) is 12.7. The number of nitrogens with zero attached hydrogens (tertiary/aromatic N) is 3.